The average molecular weight is 461 g/mol. The lowest BCUT2D eigenvalue weighted by Gasteiger charge is -2.11. The summed E-state index contributed by atoms with van der Waals surface area (Å²) in [5.41, 5.74) is 4.79. The SMILES string of the molecule is Cc1ccc(COc2ccccc2/C=C(\C#N)C(=O)Nc2ccc(Br)cc2)cc1C. The van der Waals surface area contributed by atoms with Gasteiger partial charge in [0.05, 0.1) is 0 Å². The van der Waals surface area contributed by atoms with Gasteiger partial charge in [-0.25, -0.2) is 0 Å². The predicted molar refractivity (Wildman–Crippen MR) is 123 cm³/mol. The van der Waals surface area contributed by atoms with Crippen molar-refractivity contribution in [2.45, 2.75) is 20.5 Å². The smallest absolute Gasteiger partial charge is 0.266 e. The fraction of sp³-hybridized carbons (Fsp3) is 0.120. The highest BCUT2D eigenvalue weighted by atomic mass is 79.9. The van der Waals surface area contributed by atoms with E-state index in [9.17, 15) is 10.1 Å². The van der Waals surface area contributed by atoms with Crippen LogP contribution in [0.3, 0.4) is 0 Å². The zero-order chi connectivity index (χ0) is 21.5. The maximum atomic E-state index is 12.5. The highest BCUT2D eigenvalue weighted by molar-refractivity contribution is 9.10. The van der Waals surface area contributed by atoms with Crippen LogP contribution < -0.4 is 10.1 Å². The summed E-state index contributed by atoms with van der Waals surface area (Å²) >= 11 is 3.36. The molecule has 0 saturated carbocycles. The lowest BCUT2D eigenvalue weighted by atomic mass is 10.1. The van der Waals surface area contributed by atoms with E-state index in [1.54, 1.807) is 18.2 Å². The van der Waals surface area contributed by atoms with Gasteiger partial charge in [-0.1, -0.05) is 52.3 Å². The molecular formula is C25H21BrN2O2. The molecule has 0 spiro atoms. The number of nitrogens with zero attached hydrogens (tertiary/aromatic N) is 1. The molecule has 0 unspecified atom stereocenters. The van der Waals surface area contributed by atoms with Gasteiger partial charge in [0.2, 0.25) is 0 Å². The Kier molecular flexibility index (Phi) is 7.05. The molecule has 150 valence electrons. The monoisotopic (exact) mass is 460 g/mol. The highest BCUT2D eigenvalue weighted by Gasteiger charge is 2.11. The summed E-state index contributed by atoms with van der Waals surface area (Å²) in [6.45, 7) is 4.54. The maximum absolute atomic E-state index is 12.5. The minimum absolute atomic E-state index is 0.000138. The van der Waals surface area contributed by atoms with Crippen molar-refractivity contribution < 1.29 is 9.53 Å². The van der Waals surface area contributed by atoms with Crippen molar-refractivity contribution in [2.24, 2.45) is 0 Å². The minimum atomic E-state index is -0.469. The molecule has 1 N–H and O–H groups in total. The van der Waals surface area contributed by atoms with E-state index in [2.05, 4.69) is 47.2 Å². The fourth-order valence-corrected chi connectivity index (χ4v) is 3.09. The number of hydrogen-bond donors (Lipinski definition) is 1. The Morgan fingerprint density at radius 1 is 1.07 bits per heavy atom. The van der Waals surface area contributed by atoms with Crippen LogP contribution in [0.25, 0.3) is 6.08 Å². The number of ether oxygens (including phenoxy) is 1. The summed E-state index contributed by atoms with van der Waals surface area (Å²) in [6, 6.07) is 22.7. The van der Waals surface area contributed by atoms with Gasteiger partial charge in [0, 0.05) is 15.7 Å². The molecular weight excluding hydrogens is 440 g/mol. The molecule has 0 bridgehead atoms. The number of rotatable bonds is 6. The molecule has 3 rings (SSSR count). The molecule has 0 radical (unpaired) electrons. The molecule has 3 aromatic carbocycles. The predicted octanol–water partition coefficient (Wildman–Crippen LogP) is 6.19. The molecule has 30 heavy (non-hydrogen) atoms. The Labute approximate surface area is 184 Å². The minimum Gasteiger partial charge on any atom is -0.488 e. The van der Waals surface area contributed by atoms with E-state index in [-0.39, 0.29) is 5.57 Å². The lowest BCUT2D eigenvalue weighted by molar-refractivity contribution is -0.112. The lowest BCUT2D eigenvalue weighted by Crippen LogP contribution is -2.13. The van der Waals surface area contributed by atoms with Gasteiger partial charge in [0.15, 0.2) is 0 Å². The number of carbonyl (C=O) groups excluding carboxylic acids is 1. The number of amides is 1. The van der Waals surface area contributed by atoms with Gasteiger partial charge in [0.1, 0.15) is 24.0 Å². The van der Waals surface area contributed by atoms with E-state index in [0.717, 1.165) is 10.0 Å². The Morgan fingerprint density at radius 3 is 2.50 bits per heavy atom. The Morgan fingerprint density at radius 2 is 1.80 bits per heavy atom. The van der Waals surface area contributed by atoms with Gasteiger partial charge in [-0.05, 0) is 66.9 Å². The molecule has 0 aromatic heterocycles. The van der Waals surface area contributed by atoms with Gasteiger partial charge in [-0.3, -0.25) is 4.79 Å². The van der Waals surface area contributed by atoms with Gasteiger partial charge in [0.25, 0.3) is 5.91 Å². The topological polar surface area (TPSA) is 62.1 Å². The quantitative estimate of drug-likeness (QED) is 0.352. The molecule has 5 heteroatoms. The Bertz CT molecular complexity index is 1130. The van der Waals surface area contributed by atoms with Gasteiger partial charge < -0.3 is 10.1 Å². The molecule has 0 aliphatic heterocycles. The number of carbonyl (C=O) groups is 1. The Balaban J connectivity index is 1.77. The first-order chi connectivity index (χ1) is 14.5. The normalized spacial score (nSPS) is 10.9. The fourth-order valence-electron chi connectivity index (χ4n) is 2.82. The van der Waals surface area contributed by atoms with Gasteiger partial charge >= 0.3 is 0 Å². The second-order valence-electron chi connectivity index (χ2n) is 6.88. The maximum Gasteiger partial charge on any atom is 0.266 e. The van der Waals surface area contributed by atoms with Crippen molar-refractivity contribution in [3.8, 4) is 11.8 Å². The number of hydrogen-bond acceptors (Lipinski definition) is 3. The van der Waals surface area contributed by atoms with E-state index in [1.807, 2.05) is 48.5 Å². The molecule has 0 aliphatic rings. The second kappa shape index (κ2) is 9.91. The third-order valence-electron chi connectivity index (χ3n) is 4.65. The number of para-hydroxylation sites is 1. The van der Waals surface area contributed by atoms with E-state index < -0.39 is 5.91 Å². The van der Waals surface area contributed by atoms with Crippen LogP contribution in [0.1, 0.15) is 22.3 Å². The van der Waals surface area contributed by atoms with E-state index in [1.165, 1.54) is 11.1 Å². The third kappa shape index (κ3) is 5.59. The molecule has 0 fully saturated rings. The van der Waals surface area contributed by atoms with Crippen LogP contribution >= 0.6 is 15.9 Å². The number of halogens is 1. The molecule has 0 saturated heterocycles. The van der Waals surface area contributed by atoms with Crippen molar-refractivity contribution in [2.75, 3.05) is 5.32 Å². The summed E-state index contributed by atoms with van der Waals surface area (Å²) in [6.07, 6.45) is 1.55. The van der Waals surface area contributed by atoms with Crippen LogP contribution in [0.5, 0.6) is 5.75 Å². The summed E-state index contributed by atoms with van der Waals surface area (Å²) in [5.74, 6) is 0.142. The molecule has 0 aliphatic carbocycles. The number of benzene rings is 3. The largest absolute Gasteiger partial charge is 0.488 e. The molecule has 1 amide bonds. The second-order valence-corrected chi connectivity index (χ2v) is 7.79. The summed E-state index contributed by atoms with van der Waals surface area (Å²) < 4.78 is 6.89. The number of aryl methyl sites for hydroxylation is 2. The van der Waals surface area contributed by atoms with Crippen LogP contribution in [-0.2, 0) is 11.4 Å². The number of nitriles is 1. The van der Waals surface area contributed by atoms with Gasteiger partial charge in [-0.15, -0.1) is 0 Å². The summed E-state index contributed by atoms with van der Waals surface area (Å²) in [4.78, 5) is 12.5. The van der Waals surface area contributed by atoms with Crippen LogP contribution in [0.2, 0.25) is 0 Å². The summed E-state index contributed by atoms with van der Waals surface area (Å²) in [5, 5.41) is 12.2. The van der Waals surface area contributed by atoms with Gasteiger partial charge in [-0.2, -0.15) is 5.26 Å². The average Bonchev–Trinajstić information content (AvgIpc) is 2.75. The number of nitrogens with one attached hydrogen (secondary N) is 1. The van der Waals surface area contributed by atoms with Crippen LogP contribution in [0.4, 0.5) is 5.69 Å². The van der Waals surface area contributed by atoms with Crippen LogP contribution in [-0.4, -0.2) is 5.91 Å². The molecule has 4 nitrogen and oxygen atoms in total. The van der Waals surface area contributed by atoms with E-state index in [0.29, 0.717) is 23.6 Å². The first-order valence-corrected chi connectivity index (χ1v) is 10.2. The summed E-state index contributed by atoms with van der Waals surface area (Å²) in [7, 11) is 0. The molecule has 0 heterocycles. The van der Waals surface area contributed by atoms with Crippen molar-refractivity contribution in [1.82, 2.24) is 0 Å². The van der Waals surface area contributed by atoms with Crippen LogP contribution in [0.15, 0.2) is 76.8 Å². The van der Waals surface area contributed by atoms with Crippen molar-refractivity contribution in [3.63, 3.8) is 0 Å². The molecule has 0 atom stereocenters. The molecule has 3 aromatic rings. The zero-order valence-electron chi connectivity index (χ0n) is 16.8. The van der Waals surface area contributed by atoms with Crippen molar-refractivity contribution >= 4 is 33.6 Å². The first-order valence-electron chi connectivity index (χ1n) is 9.43. The Hall–Kier alpha value is -3.36. The van der Waals surface area contributed by atoms with E-state index >= 15 is 0 Å². The first kappa shape index (κ1) is 21.4. The third-order valence-corrected chi connectivity index (χ3v) is 5.18. The zero-order valence-corrected chi connectivity index (χ0v) is 18.4. The van der Waals surface area contributed by atoms with Crippen molar-refractivity contribution in [1.29, 1.82) is 5.26 Å². The number of anilines is 1. The standard InChI is InChI=1S/C25H21BrN2O2/c1-17-7-8-19(13-18(17)2)16-30-24-6-4-3-5-20(24)14-21(15-27)25(29)28-23-11-9-22(26)10-12-23/h3-14H,16H2,1-2H3,(H,28,29)/b21-14+. The highest BCUT2D eigenvalue weighted by Crippen LogP contribution is 2.23. The van der Waals surface area contributed by atoms with Crippen molar-refractivity contribution in [3.05, 3.63) is 99.0 Å². The van der Waals surface area contributed by atoms with Crippen LogP contribution in [0, 0.1) is 25.2 Å². The van der Waals surface area contributed by atoms with E-state index in [4.69, 9.17) is 4.74 Å².